The van der Waals surface area contributed by atoms with E-state index in [0.29, 0.717) is 5.02 Å². The first-order chi connectivity index (χ1) is 10.7. The van der Waals surface area contributed by atoms with Crippen LogP contribution >= 0.6 is 11.6 Å². The Morgan fingerprint density at radius 1 is 1.05 bits per heavy atom. The molecule has 2 N–H and O–H groups in total. The van der Waals surface area contributed by atoms with Crippen molar-refractivity contribution in [1.29, 1.82) is 0 Å². The summed E-state index contributed by atoms with van der Waals surface area (Å²) in [7, 11) is 0. The van der Waals surface area contributed by atoms with Crippen molar-refractivity contribution >= 4 is 44.9 Å². The van der Waals surface area contributed by atoms with Crippen LogP contribution < -0.4 is 5.32 Å². The van der Waals surface area contributed by atoms with Crippen LogP contribution in [0.5, 0.6) is 0 Å². The lowest BCUT2D eigenvalue weighted by atomic mass is 10.1. The number of fused-ring (bicyclic) bond motifs is 2. The van der Waals surface area contributed by atoms with Crippen LogP contribution in [0.1, 0.15) is 5.56 Å². The van der Waals surface area contributed by atoms with Crippen LogP contribution in [0.4, 0.5) is 11.5 Å². The lowest BCUT2D eigenvalue weighted by molar-refractivity contribution is 1.37. The normalized spacial score (nSPS) is 11.2. The molecule has 4 aromatic rings. The van der Waals surface area contributed by atoms with Crippen molar-refractivity contribution in [3.8, 4) is 0 Å². The maximum Gasteiger partial charge on any atom is 0.131 e. The van der Waals surface area contributed by atoms with Gasteiger partial charge in [-0.3, -0.25) is 0 Å². The Bertz CT molecular complexity index is 988. The Labute approximate surface area is 132 Å². The van der Waals surface area contributed by atoms with Crippen molar-refractivity contribution in [2.45, 2.75) is 6.92 Å². The molecule has 4 rings (SSSR count). The summed E-state index contributed by atoms with van der Waals surface area (Å²) in [4.78, 5) is 7.87. The monoisotopic (exact) mass is 307 g/mol. The first kappa shape index (κ1) is 13.2. The van der Waals surface area contributed by atoms with E-state index in [2.05, 4.69) is 40.4 Å². The van der Waals surface area contributed by atoms with Gasteiger partial charge in [-0.05, 0) is 55.0 Å². The second kappa shape index (κ2) is 5.04. The summed E-state index contributed by atoms with van der Waals surface area (Å²) >= 11 is 6.04. The molecule has 0 bridgehead atoms. The third-order valence-corrected chi connectivity index (χ3v) is 4.04. The molecule has 22 heavy (non-hydrogen) atoms. The largest absolute Gasteiger partial charge is 0.361 e. The molecule has 3 nitrogen and oxygen atoms in total. The van der Waals surface area contributed by atoms with Gasteiger partial charge in [0.15, 0.2) is 0 Å². The summed E-state index contributed by atoms with van der Waals surface area (Å²) in [5.74, 6) is 0.806. The predicted molar refractivity (Wildman–Crippen MR) is 93.1 cm³/mol. The molecule has 0 atom stereocenters. The van der Waals surface area contributed by atoms with Crippen LogP contribution in [-0.2, 0) is 0 Å². The van der Waals surface area contributed by atoms with Crippen LogP contribution in [0.3, 0.4) is 0 Å². The van der Waals surface area contributed by atoms with Crippen LogP contribution in [0.25, 0.3) is 21.8 Å². The van der Waals surface area contributed by atoms with E-state index in [4.69, 9.17) is 11.6 Å². The van der Waals surface area contributed by atoms with Crippen molar-refractivity contribution in [2.24, 2.45) is 0 Å². The number of aryl methyl sites for hydroxylation is 1. The minimum Gasteiger partial charge on any atom is -0.361 e. The molecule has 0 unspecified atom stereocenters. The summed E-state index contributed by atoms with van der Waals surface area (Å²) in [6.45, 7) is 2.11. The Hall–Kier alpha value is -2.52. The second-order valence-electron chi connectivity index (χ2n) is 5.39. The number of anilines is 2. The fraction of sp³-hybridized carbons (Fsp3) is 0.0556. The van der Waals surface area contributed by atoms with E-state index in [1.165, 1.54) is 10.9 Å². The van der Waals surface area contributed by atoms with Gasteiger partial charge in [-0.2, -0.15) is 0 Å². The van der Waals surface area contributed by atoms with Gasteiger partial charge in [0, 0.05) is 33.2 Å². The Kier molecular flexibility index (Phi) is 3.01. The second-order valence-corrected chi connectivity index (χ2v) is 5.83. The van der Waals surface area contributed by atoms with Gasteiger partial charge in [0.25, 0.3) is 0 Å². The molecule has 0 spiro atoms. The number of hydrogen-bond donors (Lipinski definition) is 2. The highest BCUT2D eigenvalue weighted by atomic mass is 35.5. The zero-order valence-electron chi connectivity index (χ0n) is 12.0. The predicted octanol–water partition coefficient (Wildman–Crippen LogP) is 5.42. The minimum absolute atomic E-state index is 0.695. The standard InChI is InChI=1S/C18H14ClN3/c1-11-8-14(10-17-15(11)6-7-20-17)21-18-5-3-12-2-4-13(19)9-16(12)22-18/h2-10,20H,1H3,(H,21,22). The zero-order chi connectivity index (χ0) is 15.1. The van der Waals surface area contributed by atoms with Crippen molar-refractivity contribution in [2.75, 3.05) is 5.32 Å². The average molecular weight is 308 g/mol. The summed E-state index contributed by atoms with van der Waals surface area (Å²) in [6, 6.07) is 16.1. The van der Waals surface area contributed by atoms with Gasteiger partial charge in [0.2, 0.25) is 0 Å². The lowest BCUT2D eigenvalue weighted by Crippen LogP contribution is -1.94. The highest BCUT2D eigenvalue weighted by Crippen LogP contribution is 2.26. The topological polar surface area (TPSA) is 40.7 Å². The lowest BCUT2D eigenvalue weighted by Gasteiger charge is -2.09. The molecule has 4 heteroatoms. The Morgan fingerprint density at radius 3 is 2.82 bits per heavy atom. The number of aromatic amines is 1. The maximum atomic E-state index is 6.04. The van der Waals surface area contributed by atoms with Crippen molar-refractivity contribution in [3.63, 3.8) is 0 Å². The number of pyridine rings is 1. The number of nitrogens with zero attached hydrogens (tertiary/aromatic N) is 1. The van der Waals surface area contributed by atoms with Crippen LogP contribution in [0.15, 0.2) is 54.7 Å². The van der Waals surface area contributed by atoms with Gasteiger partial charge in [-0.25, -0.2) is 4.98 Å². The SMILES string of the molecule is Cc1cc(Nc2ccc3ccc(Cl)cc3n2)cc2[nH]ccc12. The first-order valence-corrected chi connectivity index (χ1v) is 7.48. The number of rotatable bonds is 2. The number of nitrogens with one attached hydrogen (secondary N) is 2. The molecule has 0 aliphatic carbocycles. The van der Waals surface area contributed by atoms with E-state index in [-0.39, 0.29) is 0 Å². The van der Waals surface area contributed by atoms with Crippen LogP contribution in [-0.4, -0.2) is 9.97 Å². The van der Waals surface area contributed by atoms with E-state index in [1.54, 1.807) is 0 Å². The molecule has 0 aliphatic heterocycles. The maximum absolute atomic E-state index is 6.04. The van der Waals surface area contributed by atoms with E-state index < -0.39 is 0 Å². The fourth-order valence-corrected chi connectivity index (χ4v) is 2.90. The summed E-state index contributed by atoms with van der Waals surface area (Å²) in [5.41, 5.74) is 4.24. The molecule has 0 radical (unpaired) electrons. The number of aromatic nitrogens is 2. The first-order valence-electron chi connectivity index (χ1n) is 7.10. The van der Waals surface area contributed by atoms with Gasteiger partial charge in [0.05, 0.1) is 5.52 Å². The molecule has 0 amide bonds. The van der Waals surface area contributed by atoms with Crippen LogP contribution in [0.2, 0.25) is 5.02 Å². The van der Waals surface area contributed by atoms with Crippen molar-refractivity contribution < 1.29 is 0 Å². The number of H-pyrrole nitrogens is 1. The minimum atomic E-state index is 0.695. The molecular formula is C18H14ClN3. The van der Waals surface area contributed by atoms with E-state index >= 15 is 0 Å². The smallest absolute Gasteiger partial charge is 0.131 e. The van der Waals surface area contributed by atoms with Crippen molar-refractivity contribution in [3.05, 3.63) is 65.3 Å². The molecule has 108 valence electrons. The molecule has 2 aromatic heterocycles. The van der Waals surface area contributed by atoms with Crippen LogP contribution in [0, 0.1) is 6.92 Å². The molecule has 0 aliphatic rings. The van der Waals surface area contributed by atoms with Gasteiger partial charge < -0.3 is 10.3 Å². The van der Waals surface area contributed by atoms with E-state index in [0.717, 1.165) is 27.9 Å². The van der Waals surface area contributed by atoms with E-state index in [1.807, 2.05) is 36.5 Å². The summed E-state index contributed by atoms with van der Waals surface area (Å²) in [5, 5.41) is 6.37. The Morgan fingerprint density at radius 2 is 1.91 bits per heavy atom. The van der Waals surface area contributed by atoms with Gasteiger partial charge >= 0.3 is 0 Å². The molecule has 2 aromatic carbocycles. The van der Waals surface area contributed by atoms with E-state index in [9.17, 15) is 0 Å². The quantitative estimate of drug-likeness (QED) is 0.519. The third-order valence-electron chi connectivity index (χ3n) is 3.80. The zero-order valence-corrected chi connectivity index (χ0v) is 12.8. The van der Waals surface area contributed by atoms with Gasteiger partial charge in [0.1, 0.15) is 5.82 Å². The third kappa shape index (κ3) is 2.30. The fourth-order valence-electron chi connectivity index (χ4n) is 2.73. The Balaban J connectivity index is 1.75. The number of hydrogen-bond acceptors (Lipinski definition) is 2. The van der Waals surface area contributed by atoms with Gasteiger partial charge in [-0.15, -0.1) is 0 Å². The number of benzene rings is 2. The number of halogens is 1. The van der Waals surface area contributed by atoms with Crippen molar-refractivity contribution in [1.82, 2.24) is 9.97 Å². The summed E-state index contributed by atoms with van der Waals surface area (Å²) in [6.07, 6.45) is 1.96. The molecule has 0 saturated carbocycles. The van der Waals surface area contributed by atoms with Gasteiger partial charge in [-0.1, -0.05) is 17.7 Å². The highest BCUT2D eigenvalue weighted by molar-refractivity contribution is 6.31. The molecule has 0 saturated heterocycles. The molecule has 2 heterocycles. The average Bonchev–Trinajstić information content (AvgIpc) is 2.96. The molecule has 0 fully saturated rings. The summed E-state index contributed by atoms with van der Waals surface area (Å²) < 4.78 is 0. The highest BCUT2D eigenvalue weighted by Gasteiger charge is 2.04. The molecular weight excluding hydrogens is 294 g/mol.